The van der Waals surface area contributed by atoms with Crippen LogP contribution < -0.4 is 5.73 Å². The smallest absolute Gasteiger partial charge is 0.284 e. The number of primary amides is 1. The van der Waals surface area contributed by atoms with Gasteiger partial charge in [-0.2, -0.15) is 0 Å². The van der Waals surface area contributed by atoms with Crippen LogP contribution in [0.4, 0.5) is 0 Å². The second-order valence-electron chi connectivity index (χ2n) is 1.34. The van der Waals surface area contributed by atoms with Crippen molar-refractivity contribution < 1.29 is 9.21 Å². The molecular formula is C7H7NO2. The maximum atomic E-state index is 10.2. The van der Waals surface area contributed by atoms with E-state index in [1.54, 1.807) is 6.07 Å². The molecule has 2 N–H and O–H groups in total. The molecule has 1 rings (SSSR count). The second-order valence-corrected chi connectivity index (χ2v) is 1.34. The normalized spacial score (nSPS) is 7.40. The van der Waals surface area contributed by atoms with Gasteiger partial charge in [-0.25, -0.2) is 0 Å². The van der Waals surface area contributed by atoms with E-state index >= 15 is 0 Å². The second kappa shape index (κ2) is 4.21. The molecular weight excluding hydrogens is 130 g/mol. The van der Waals surface area contributed by atoms with Crippen molar-refractivity contribution in [3.63, 3.8) is 0 Å². The summed E-state index contributed by atoms with van der Waals surface area (Å²) in [4.78, 5) is 10.2. The minimum absolute atomic E-state index is 0.199. The van der Waals surface area contributed by atoms with Crippen molar-refractivity contribution in [2.75, 3.05) is 0 Å². The quantitative estimate of drug-likeness (QED) is 0.577. The number of carbonyl (C=O) groups is 1. The van der Waals surface area contributed by atoms with Crippen LogP contribution in [0.3, 0.4) is 0 Å². The molecule has 0 aliphatic rings. The van der Waals surface area contributed by atoms with Crippen molar-refractivity contribution in [1.82, 2.24) is 0 Å². The number of carbonyl (C=O) groups excluding carboxylic acids is 1. The molecule has 0 bridgehead atoms. The lowest BCUT2D eigenvalue weighted by Crippen LogP contribution is -2.08. The molecule has 0 saturated heterocycles. The van der Waals surface area contributed by atoms with Gasteiger partial charge in [0.25, 0.3) is 5.91 Å². The summed E-state index contributed by atoms with van der Waals surface area (Å²) in [6, 6.07) is 3.13. The minimum Gasteiger partial charge on any atom is -0.459 e. The number of hydrogen-bond donors (Lipinski definition) is 1. The molecule has 0 saturated carbocycles. The summed E-state index contributed by atoms with van der Waals surface area (Å²) in [5, 5.41) is 0. The molecule has 0 fully saturated rings. The zero-order valence-corrected chi connectivity index (χ0v) is 5.28. The highest BCUT2D eigenvalue weighted by molar-refractivity contribution is 5.89. The lowest BCUT2D eigenvalue weighted by molar-refractivity contribution is 0.0974. The number of terminal acetylenes is 1. The van der Waals surface area contributed by atoms with Crippen molar-refractivity contribution in [2.45, 2.75) is 0 Å². The predicted molar refractivity (Wildman–Crippen MR) is 37.1 cm³/mol. The number of amides is 1. The van der Waals surface area contributed by atoms with Crippen LogP contribution in [-0.4, -0.2) is 5.91 Å². The molecule has 1 amide bonds. The van der Waals surface area contributed by atoms with Gasteiger partial charge in [0, 0.05) is 0 Å². The Bertz CT molecular complexity index is 211. The Morgan fingerprint density at radius 2 is 2.20 bits per heavy atom. The molecule has 0 atom stereocenters. The molecule has 0 aliphatic heterocycles. The van der Waals surface area contributed by atoms with Gasteiger partial charge in [0.05, 0.1) is 6.26 Å². The van der Waals surface area contributed by atoms with Crippen molar-refractivity contribution >= 4 is 5.91 Å². The summed E-state index contributed by atoms with van der Waals surface area (Å²) in [5.74, 6) is -0.333. The molecule has 0 unspecified atom stereocenters. The van der Waals surface area contributed by atoms with E-state index in [2.05, 4.69) is 17.3 Å². The molecule has 1 aromatic rings. The van der Waals surface area contributed by atoms with Gasteiger partial charge in [-0.15, -0.1) is 12.8 Å². The first-order chi connectivity index (χ1) is 4.80. The molecule has 10 heavy (non-hydrogen) atoms. The van der Waals surface area contributed by atoms with Crippen molar-refractivity contribution in [3.8, 4) is 12.8 Å². The Morgan fingerprint density at radius 1 is 1.60 bits per heavy atom. The van der Waals surface area contributed by atoms with Gasteiger partial charge in [-0.1, -0.05) is 0 Å². The fourth-order valence-electron chi connectivity index (χ4n) is 0.419. The van der Waals surface area contributed by atoms with Gasteiger partial charge in [-0.05, 0) is 12.1 Å². The van der Waals surface area contributed by atoms with E-state index < -0.39 is 5.91 Å². The van der Waals surface area contributed by atoms with E-state index in [-0.39, 0.29) is 5.76 Å². The summed E-state index contributed by atoms with van der Waals surface area (Å²) < 4.78 is 4.62. The summed E-state index contributed by atoms with van der Waals surface area (Å²) >= 11 is 0. The highest BCUT2D eigenvalue weighted by atomic mass is 16.3. The van der Waals surface area contributed by atoms with Gasteiger partial charge >= 0.3 is 0 Å². The Kier molecular flexibility index (Phi) is 3.50. The predicted octanol–water partition coefficient (Wildman–Crippen LogP) is 0.628. The number of rotatable bonds is 1. The van der Waals surface area contributed by atoms with Gasteiger partial charge in [0.2, 0.25) is 0 Å². The first-order valence-corrected chi connectivity index (χ1v) is 2.47. The van der Waals surface area contributed by atoms with Crippen LogP contribution in [-0.2, 0) is 0 Å². The molecule has 52 valence electrons. The molecule has 0 spiro atoms. The monoisotopic (exact) mass is 137 g/mol. The Labute approximate surface area is 58.8 Å². The largest absolute Gasteiger partial charge is 0.459 e. The first-order valence-electron chi connectivity index (χ1n) is 2.47. The van der Waals surface area contributed by atoms with Crippen LogP contribution in [0.2, 0.25) is 0 Å². The molecule has 3 heteroatoms. The first kappa shape index (κ1) is 8.31. The van der Waals surface area contributed by atoms with Crippen LogP contribution >= 0.6 is 0 Å². The zero-order valence-electron chi connectivity index (χ0n) is 5.28. The van der Waals surface area contributed by atoms with Crippen LogP contribution in [0.25, 0.3) is 0 Å². The maximum absolute atomic E-state index is 10.2. The summed E-state index contributed by atoms with van der Waals surface area (Å²) in [6.45, 7) is 0. The third-order valence-electron chi connectivity index (χ3n) is 0.764. The van der Waals surface area contributed by atoms with Crippen LogP contribution in [0.15, 0.2) is 22.8 Å². The highest BCUT2D eigenvalue weighted by Gasteiger charge is 1.98. The van der Waals surface area contributed by atoms with E-state index in [1.165, 1.54) is 12.3 Å². The standard InChI is InChI=1S/C5H5NO2.C2H2/c6-5(7)4-2-1-3-8-4;1-2/h1-3H,(H2,6,7);1-2H. The fourth-order valence-corrected chi connectivity index (χ4v) is 0.419. The molecule has 1 aromatic heterocycles. The summed E-state index contributed by atoms with van der Waals surface area (Å²) in [6.07, 6.45) is 9.40. The zero-order chi connectivity index (χ0) is 7.98. The molecule has 0 aromatic carbocycles. The van der Waals surface area contributed by atoms with E-state index in [0.717, 1.165) is 0 Å². The van der Waals surface area contributed by atoms with Crippen LogP contribution in [0.5, 0.6) is 0 Å². The fraction of sp³-hybridized carbons (Fsp3) is 0. The number of hydrogen-bond acceptors (Lipinski definition) is 2. The van der Waals surface area contributed by atoms with E-state index in [0.29, 0.717) is 0 Å². The van der Waals surface area contributed by atoms with E-state index in [4.69, 9.17) is 5.73 Å². The van der Waals surface area contributed by atoms with Gasteiger partial charge in [0.15, 0.2) is 5.76 Å². The molecule has 1 heterocycles. The summed E-state index contributed by atoms with van der Waals surface area (Å²) in [5.41, 5.74) is 4.83. The molecule has 0 radical (unpaired) electrons. The van der Waals surface area contributed by atoms with Gasteiger partial charge < -0.3 is 10.2 Å². The molecule has 3 nitrogen and oxygen atoms in total. The Hall–Kier alpha value is -1.69. The van der Waals surface area contributed by atoms with Crippen LogP contribution in [0.1, 0.15) is 10.6 Å². The lowest BCUT2D eigenvalue weighted by Gasteiger charge is -1.80. The maximum Gasteiger partial charge on any atom is 0.284 e. The molecule has 0 aliphatic carbocycles. The topological polar surface area (TPSA) is 56.2 Å². The SMILES string of the molecule is C#C.NC(=O)c1ccco1. The van der Waals surface area contributed by atoms with Crippen molar-refractivity contribution in [3.05, 3.63) is 24.2 Å². The lowest BCUT2D eigenvalue weighted by atomic mass is 10.4. The Morgan fingerprint density at radius 3 is 2.40 bits per heavy atom. The third kappa shape index (κ3) is 2.05. The van der Waals surface area contributed by atoms with E-state index in [1.807, 2.05) is 0 Å². The van der Waals surface area contributed by atoms with Gasteiger partial charge in [-0.3, -0.25) is 4.79 Å². The van der Waals surface area contributed by atoms with Crippen molar-refractivity contribution in [1.29, 1.82) is 0 Å². The number of furan rings is 1. The average molecular weight is 137 g/mol. The Balaban J connectivity index is 0.000000371. The van der Waals surface area contributed by atoms with Crippen molar-refractivity contribution in [2.24, 2.45) is 5.73 Å². The minimum atomic E-state index is -0.532. The van der Waals surface area contributed by atoms with E-state index in [9.17, 15) is 4.79 Å². The van der Waals surface area contributed by atoms with Gasteiger partial charge in [0.1, 0.15) is 0 Å². The average Bonchev–Trinajstić information content (AvgIpc) is 2.42. The number of nitrogens with two attached hydrogens (primary N) is 1. The summed E-state index contributed by atoms with van der Waals surface area (Å²) in [7, 11) is 0. The third-order valence-corrected chi connectivity index (χ3v) is 0.764. The highest BCUT2D eigenvalue weighted by Crippen LogP contribution is 1.96. The van der Waals surface area contributed by atoms with Crippen LogP contribution in [0, 0.1) is 12.8 Å².